The number of hydrogen-bond acceptors (Lipinski definition) is 5. The summed E-state index contributed by atoms with van der Waals surface area (Å²) < 4.78 is 10.6. The van der Waals surface area contributed by atoms with Gasteiger partial charge in [0, 0.05) is 30.4 Å². The lowest BCUT2D eigenvalue weighted by atomic mass is 9.95. The fourth-order valence-electron chi connectivity index (χ4n) is 3.12. The molecule has 1 aromatic rings. The van der Waals surface area contributed by atoms with Crippen molar-refractivity contribution in [1.29, 1.82) is 0 Å². The molecule has 0 radical (unpaired) electrons. The Hall–Kier alpha value is -2.09. The first-order valence-corrected chi connectivity index (χ1v) is 9.00. The van der Waals surface area contributed by atoms with Gasteiger partial charge in [-0.2, -0.15) is 0 Å². The molecule has 0 spiro atoms. The third kappa shape index (κ3) is 4.17. The second-order valence-electron chi connectivity index (χ2n) is 6.05. The highest BCUT2D eigenvalue weighted by molar-refractivity contribution is 6.31. The van der Waals surface area contributed by atoms with Gasteiger partial charge in [0.1, 0.15) is 0 Å². The van der Waals surface area contributed by atoms with E-state index in [4.69, 9.17) is 21.1 Å². The van der Waals surface area contributed by atoms with Gasteiger partial charge in [0.2, 0.25) is 0 Å². The molecule has 1 saturated heterocycles. The standard InChI is InChI=1S/C18H22ClN3O4/c1-2-26-17(23)15-14(11-22-7-9-25-10-8-22)20-18(24)21-16(15)12-5-3-4-6-13(12)19/h3-6,16H,2,7-11H2,1H3,(H2,20,21,24)/t16-/m1/s1. The van der Waals surface area contributed by atoms with E-state index in [1.807, 2.05) is 6.07 Å². The third-order valence-electron chi connectivity index (χ3n) is 4.35. The molecule has 0 aromatic heterocycles. The van der Waals surface area contributed by atoms with Crippen LogP contribution in [0.1, 0.15) is 18.5 Å². The average Bonchev–Trinajstić information content (AvgIpc) is 2.62. The number of esters is 1. The monoisotopic (exact) mass is 379 g/mol. The Bertz CT molecular complexity index is 716. The van der Waals surface area contributed by atoms with Crippen LogP contribution in [-0.4, -0.2) is 56.4 Å². The number of carbonyl (C=O) groups excluding carboxylic acids is 2. The number of nitrogens with one attached hydrogen (secondary N) is 2. The summed E-state index contributed by atoms with van der Waals surface area (Å²) in [5.41, 5.74) is 1.58. The van der Waals surface area contributed by atoms with Gasteiger partial charge in [-0.15, -0.1) is 0 Å². The van der Waals surface area contributed by atoms with Crippen molar-refractivity contribution < 1.29 is 19.1 Å². The first-order valence-electron chi connectivity index (χ1n) is 8.62. The summed E-state index contributed by atoms with van der Waals surface area (Å²) in [6.45, 7) is 5.16. The molecule has 8 heteroatoms. The van der Waals surface area contributed by atoms with Crippen molar-refractivity contribution >= 4 is 23.6 Å². The van der Waals surface area contributed by atoms with E-state index in [0.29, 0.717) is 41.6 Å². The Balaban J connectivity index is 2.00. The van der Waals surface area contributed by atoms with Crippen LogP contribution in [-0.2, 0) is 14.3 Å². The van der Waals surface area contributed by atoms with Crippen LogP contribution in [0.4, 0.5) is 4.79 Å². The fraction of sp³-hybridized carbons (Fsp3) is 0.444. The van der Waals surface area contributed by atoms with Crippen LogP contribution in [0, 0.1) is 0 Å². The molecule has 2 heterocycles. The van der Waals surface area contributed by atoms with Crippen molar-refractivity contribution in [3.05, 3.63) is 46.1 Å². The zero-order chi connectivity index (χ0) is 18.5. The Morgan fingerprint density at radius 1 is 1.35 bits per heavy atom. The molecule has 7 nitrogen and oxygen atoms in total. The van der Waals surface area contributed by atoms with Crippen LogP contribution >= 0.6 is 11.6 Å². The van der Waals surface area contributed by atoms with E-state index in [1.165, 1.54) is 0 Å². The van der Waals surface area contributed by atoms with Gasteiger partial charge >= 0.3 is 12.0 Å². The summed E-state index contributed by atoms with van der Waals surface area (Å²) in [6.07, 6.45) is 0. The van der Waals surface area contributed by atoms with Crippen molar-refractivity contribution in [2.24, 2.45) is 0 Å². The molecular weight excluding hydrogens is 358 g/mol. The van der Waals surface area contributed by atoms with Gasteiger partial charge in [0.05, 0.1) is 31.4 Å². The smallest absolute Gasteiger partial charge is 0.338 e. The lowest BCUT2D eigenvalue weighted by Crippen LogP contribution is -2.49. The first kappa shape index (κ1) is 18.7. The van der Waals surface area contributed by atoms with Crippen molar-refractivity contribution in [1.82, 2.24) is 15.5 Å². The van der Waals surface area contributed by atoms with Crippen LogP contribution in [0.5, 0.6) is 0 Å². The van der Waals surface area contributed by atoms with Gasteiger partial charge in [-0.25, -0.2) is 9.59 Å². The van der Waals surface area contributed by atoms with Gasteiger partial charge in [-0.05, 0) is 18.6 Å². The lowest BCUT2D eigenvalue weighted by Gasteiger charge is -2.33. The predicted molar refractivity (Wildman–Crippen MR) is 96.8 cm³/mol. The highest BCUT2D eigenvalue weighted by atomic mass is 35.5. The predicted octanol–water partition coefficient (Wildman–Crippen LogP) is 1.84. The van der Waals surface area contributed by atoms with Crippen LogP contribution in [0.2, 0.25) is 5.02 Å². The highest BCUT2D eigenvalue weighted by Gasteiger charge is 2.35. The minimum absolute atomic E-state index is 0.246. The number of rotatable bonds is 5. The van der Waals surface area contributed by atoms with Gasteiger partial charge in [-0.3, -0.25) is 4.90 Å². The van der Waals surface area contributed by atoms with E-state index in [0.717, 1.165) is 13.1 Å². The van der Waals surface area contributed by atoms with E-state index >= 15 is 0 Å². The van der Waals surface area contributed by atoms with Crippen molar-refractivity contribution in [3.63, 3.8) is 0 Å². The number of ether oxygens (including phenoxy) is 2. The van der Waals surface area contributed by atoms with Crippen molar-refractivity contribution in [2.45, 2.75) is 13.0 Å². The Morgan fingerprint density at radius 3 is 2.77 bits per heavy atom. The average molecular weight is 380 g/mol. The maximum Gasteiger partial charge on any atom is 0.338 e. The summed E-state index contributed by atoms with van der Waals surface area (Å²) in [4.78, 5) is 27.1. The van der Waals surface area contributed by atoms with E-state index in [2.05, 4.69) is 15.5 Å². The number of halogens is 1. The SMILES string of the molecule is CCOC(=O)C1=C(CN2CCOCC2)NC(=O)N[C@@H]1c1ccccc1Cl. The fourth-order valence-corrected chi connectivity index (χ4v) is 3.36. The molecule has 2 aliphatic rings. The summed E-state index contributed by atoms with van der Waals surface area (Å²) in [5.74, 6) is -0.465. The zero-order valence-corrected chi connectivity index (χ0v) is 15.3. The van der Waals surface area contributed by atoms with Crippen molar-refractivity contribution in [3.8, 4) is 0 Å². The van der Waals surface area contributed by atoms with Crippen LogP contribution < -0.4 is 10.6 Å². The second-order valence-corrected chi connectivity index (χ2v) is 6.46. The Kier molecular flexibility index (Phi) is 6.13. The van der Waals surface area contributed by atoms with E-state index < -0.39 is 12.0 Å². The maximum absolute atomic E-state index is 12.7. The molecule has 2 amide bonds. The molecule has 26 heavy (non-hydrogen) atoms. The second kappa shape index (κ2) is 8.53. The molecule has 0 unspecified atom stereocenters. The number of morpholine rings is 1. The number of nitrogens with zero attached hydrogens (tertiary/aromatic N) is 1. The molecule has 1 atom stereocenters. The summed E-state index contributed by atoms with van der Waals surface area (Å²) in [6, 6.07) is 6.12. The summed E-state index contributed by atoms with van der Waals surface area (Å²) in [5, 5.41) is 6.05. The molecular formula is C18H22ClN3O4. The minimum atomic E-state index is -0.660. The van der Waals surface area contributed by atoms with Gasteiger partial charge in [0.25, 0.3) is 0 Å². The summed E-state index contributed by atoms with van der Waals surface area (Å²) >= 11 is 6.32. The number of benzene rings is 1. The van der Waals surface area contributed by atoms with E-state index in [1.54, 1.807) is 25.1 Å². The summed E-state index contributed by atoms with van der Waals surface area (Å²) in [7, 11) is 0. The zero-order valence-electron chi connectivity index (χ0n) is 14.6. The molecule has 1 fully saturated rings. The number of amides is 2. The third-order valence-corrected chi connectivity index (χ3v) is 4.69. The number of hydrogen-bond donors (Lipinski definition) is 2. The van der Waals surface area contributed by atoms with E-state index in [9.17, 15) is 9.59 Å². The molecule has 140 valence electrons. The number of urea groups is 1. The molecule has 0 bridgehead atoms. The normalized spacial score (nSPS) is 21.2. The molecule has 2 N–H and O–H groups in total. The molecule has 2 aliphatic heterocycles. The largest absolute Gasteiger partial charge is 0.463 e. The Labute approximate surface area is 157 Å². The quantitative estimate of drug-likeness (QED) is 0.763. The van der Waals surface area contributed by atoms with Crippen LogP contribution in [0.15, 0.2) is 35.5 Å². The van der Waals surface area contributed by atoms with Gasteiger partial charge < -0.3 is 20.1 Å². The van der Waals surface area contributed by atoms with Crippen LogP contribution in [0.25, 0.3) is 0 Å². The molecule has 0 aliphatic carbocycles. The lowest BCUT2D eigenvalue weighted by molar-refractivity contribution is -0.139. The van der Waals surface area contributed by atoms with Crippen molar-refractivity contribution in [2.75, 3.05) is 39.5 Å². The minimum Gasteiger partial charge on any atom is -0.463 e. The van der Waals surface area contributed by atoms with E-state index in [-0.39, 0.29) is 12.6 Å². The molecule has 1 aromatic carbocycles. The topological polar surface area (TPSA) is 79.9 Å². The van der Waals surface area contributed by atoms with Gasteiger partial charge in [-0.1, -0.05) is 29.8 Å². The van der Waals surface area contributed by atoms with Crippen LogP contribution in [0.3, 0.4) is 0 Å². The highest BCUT2D eigenvalue weighted by Crippen LogP contribution is 2.32. The maximum atomic E-state index is 12.7. The first-order chi connectivity index (χ1) is 12.6. The number of carbonyl (C=O) groups is 2. The molecule has 3 rings (SSSR count). The molecule has 0 saturated carbocycles. The van der Waals surface area contributed by atoms with Gasteiger partial charge in [0.15, 0.2) is 0 Å². The Morgan fingerprint density at radius 2 is 2.08 bits per heavy atom.